The van der Waals surface area contributed by atoms with Crippen LogP contribution >= 0.6 is 0 Å². The lowest BCUT2D eigenvalue weighted by molar-refractivity contribution is -0.0744. The van der Waals surface area contributed by atoms with Gasteiger partial charge < -0.3 is 10.5 Å². The van der Waals surface area contributed by atoms with Gasteiger partial charge in [0.2, 0.25) is 0 Å². The molecule has 2 fully saturated rings. The predicted molar refractivity (Wildman–Crippen MR) is 84.8 cm³/mol. The topological polar surface area (TPSA) is 38.5 Å². The molecule has 3 heteroatoms. The Labute approximate surface area is 125 Å². The van der Waals surface area contributed by atoms with Crippen molar-refractivity contribution in [3.8, 4) is 0 Å². The van der Waals surface area contributed by atoms with Gasteiger partial charge in [0.05, 0.1) is 5.60 Å². The fourth-order valence-corrected chi connectivity index (χ4v) is 4.38. The minimum atomic E-state index is 0.0507. The lowest BCUT2D eigenvalue weighted by Gasteiger charge is -2.48. The zero-order valence-electron chi connectivity index (χ0n) is 13.7. The molecule has 1 aliphatic heterocycles. The van der Waals surface area contributed by atoms with Crippen LogP contribution in [0.3, 0.4) is 0 Å². The highest BCUT2D eigenvalue weighted by atomic mass is 16.5. The summed E-state index contributed by atoms with van der Waals surface area (Å²) in [4.78, 5) is 2.70. The molecule has 0 bridgehead atoms. The Balaban J connectivity index is 2.02. The second-order valence-electron chi connectivity index (χ2n) is 7.26. The predicted octanol–water partition coefficient (Wildman–Crippen LogP) is 3.03. The van der Waals surface area contributed by atoms with Gasteiger partial charge in [0.25, 0.3) is 0 Å². The van der Waals surface area contributed by atoms with Gasteiger partial charge in [0.15, 0.2) is 0 Å². The normalized spacial score (nSPS) is 39.9. The van der Waals surface area contributed by atoms with Crippen LogP contribution in [-0.4, -0.2) is 43.3 Å². The number of piperidine rings is 1. The quantitative estimate of drug-likeness (QED) is 0.842. The van der Waals surface area contributed by atoms with Gasteiger partial charge in [-0.1, -0.05) is 26.2 Å². The lowest BCUT2D eigenvalue weighted by Crippen LogP contribution is -2.55. The number of nitrogens with zero attached hydrogens (tertiary/aromatic N) is 1. The molecule has 118 valence electrons. The third kappa shape index (κ3) is 3.75. The summed E-state index contributed by atoms with van der Waals surface area (Å²) in [6.07, 6.45) is 9.24. The number of rotatable bonds is 5. The van der Waals surface area contributed by atoms with E-state index < -0.39 is 0 Å². The Morgan fingerprint density at radius 3 is 2.80 bits per heavy atom. The molecule has 0 aromatic carbocycles. The van der Waals surface area contributed by atoms with Crippen molar-refractivity contribution in [3.63, 3.8) is 0 Å². The summed E-state index contributed by atoms with van der Waals surface area (Å²) in [5, 5.41) is 0. The SMILES string of the molecule is CCCC1CCC(CN)C(N2CCCC(C)(OC)C2)C1. The molecule has 0 amide bonds. The highest BCUT2D eigenvalue weighted by molar-refractivity contribution is 4.93. The Bertz CT molecular complexity index is 297. The van der Waals surface area contributed by atoms with Gasteiger partial charge in [-0.25, -0.2) is 0 Å². The summed E-state index contributed by atoms with van der Waals surface area (Å²) in [6.45, 7) is 7.75. The van der Waals surface area contributed by atoms with Crippen LogP contribution < -0.4 is 5.73 Å². The molecule has 1 heterocycles. The molecule has 4 atom stereocenters. The largest absolute Gasteiger partial charge is 0.377 e. The number of methoxy groups -OCH3 is 1. The summed E-state index contributed by atoms with van der Waals surface area (Å²) in [7, 11) is 1.87. The van der Waals surface area contributed by atoms with Crippen LogP contribution in [-0.2, 0) is 4.74 Å². The van der Waals surface area contributed by atoms with Crippen molar-refractivity contribution < 1.29 is 4.74 Å². The molecule has 1 aliphatic carbocycles. The number of ether oxygens (including phenoxy) is 1. The number of nitrogens with two attached hydrogens (primary N) is 1. The molecule has 0 radical (unpaired) electrons. The highest BCUT2D eigenvalue weighted by Crippen LogP contribution is 2.37. The van der Waals surface area contributed by atoms with Crippen LogP contribution in [0.15, 0.2) is 0 Å². The zero-order chi connectivity index (χ0) is 14.6. The first-order valence-corrected chi connectivity index (χ1v) is 8.61. The molecule has 2 aliphatic rings. The van der Waals surface area contributed by atoms with E-state index in [0.29, 0.717) is 12.0 Å². The van der Waals surface area contributed by atoms with Gasteiger partial charge in [-0.15, -0.1) is 0 Å². The van der Waals surface area contributed by atoms with Gasteiger partial charge in [-0.3, -0.25) is 4.90 Å². The van der Waals surface area contributed by atoms with E-state index in [0.717, 1.165) is 19.0 Å². The second kappa shape index (κ2) is 7.24. The van der Waals surface area contributed by atoms with Crippen molar-refractivity contribution in [2.45, 2.75) is 70.4 Å². The van der Waals surface area contributed by atoms with Crippen LogP contribution in [0.5, 0.6) is 0 Å². The van der Waals surface area contributed by atoms with E-state index >= 15 is 0 Å². The van der Waals surface area contributed by atoms with Crippen molar-refractivity contribution in [1.29, 1.82) is 0 Å². The average molecular weight is 282 g/mol. The van der Waals surface area contributed by atoms with Crippen LogP contribution in [0.4, 0.5) is 0 Å². The fraction of sp³-hybridized carbons (Fsp3) is 1.00. The maximum atomic E-state index is 6.06. The first-order valence-electron chi connectivity index (χ1n) is 8.61. The smallest absolute Gasteiger partial charge is 0.0777 e. The lowest BCUT2D eigenvalue weighted by atomic mass is 9.75. The van der Waals surface area contributed by atoms with Crippen molar-refractivity contribution >= 4 is 0 Å². The number of likely N-dealkylation sites (tertiary alicyclic amines) is 1. The summed E-state index contributed by atoms with van der Waals surface area (Å²) in [5.74, 6) is 1.62. The van der Waals surface area contributed by atoms with E-state index in [9.17, 15) is 0 Å². The van der Waals surface area contributed by atoms with Gasteiger partial charge in [0.1, 0.15) is 0 Å². The first-order chi connectivity index (χ1) is 9.61. The fourth-order valence-electron chi connectivity index (χ4n) is 4.38. The summed E-state index contributed by atoms with van der Waals surface area (Å²) in [5.41, 5.74) is 6.11. The van der Waals surface area contributed by atoms with Crippen LogP contribution in [0, 0.1) is 11.8 Å². The Morgan fingerprint density at radius 2 is 2.15 bits per heavy atom. The zero-order valence-corrected chi connectivity index (χ0v) is 13.7. The van der Waals surface area contributed by atoms with Crippen LogP contribution in [0.2, 0.25) is 0 Å². The summed E-state index contributed by atoms with van der Waals surface area (Å²) >= 11 is 0. The standard InChI is InChI=1S/C17H34N2O/c1-4-6-14-7-8-15(12-18)16(11-14)19-10-5-9-17(2,13-19)20-3/h14-16H,4-13,18H2,1-3H3. The molecule has 0 aromatic rings. The molecule has 2 N–H and O–H groups in total. The summed E-state index contributed by atoms with van der Waals surface area (Å²) in [6, 6.07) is 0.695. The van der Waals surface area contributed by atoms with E-state index in [2.05, 4.69) is 18.7 Å². The molecule has 0 aromatic heterocycles. The molecule has 2 rings (SSSR count). The minimum absolute atomic E-state index is 0.0507. The molecule has 4 unspecified atom stereocenters. The van der Waals surface area contributed by atoms with Crippen molar-refractivity contribution in [2.75, 3.05) is 26.7 Å². The summed E-state index contributed by atoms with van der Waals surface area (Å²) < 4.78 is 5.77. The van der Waals surface area contributed by atoms with Crippen molar-refractivity contribution in [2.24, 2.45) is 17.6 Å². The van der Waals surface area contributed by atoms with Crippen molar-refractivity contribution in [3.05, 3.63) is 0 Å². The first kappa shape index (κ1) is 16.3. The van der Waals surface area contributed by atoms with E-state index in [1.165, 1.54) is 51.5 Å². The van der Waals surface area contributed by atoms with Gasteiger partial charge in [0, 0.05) is 19.7 Å². The molecule has 0 spiro atoms. The maximum absolute atomic E-state index is 6.06. The maximum Gasteiger partial charge on any atom is 0.0777 e. The van der Waals surface area contributed by atoms with Gasteiger partial charge >= 0.3 is 0 Å². The average Bonchev–Trinajstić information content (AvgIpc) is 2.47. The molecule has 20 heavy (non-hydrogen) atoms. The van der Waals surface area contributed by atoms with Crippen molar-refractivity contribution in [1.82, 2.24) is 4.90 Å². The second-order valence-corrected chi connectivity index (χ2v) is 7.26. The third-order valence-corrected chi connectivity index (χ3v) is 5.71. The molecular formula is C17H34N2O. The number of hydrogen-bond donors (Lipinski definition) is 1. The van der Waals surface area contributed by atoms with E-state index in [1.807, 2.05) is 7.11 Å². The third-order valence-electron chi connectivity index (χ3n) is 5.71. The molecular weight excluding hydrogens is 248 g/mol. The molecule has 1 saturated carbocycles. The minimum Gasteiger partial charge on any atom is -0.377 e. The van der Waals surface area contributed by atoms with Gasteiger partial charge in [-0.05, 0) is 57.5 Å². The highest BCUT2D eigenvalue weighted by Gasteiger charge is 2.39. The van der Waals surface area contributed by atoms with E-state index in [1.54, 1.807) is 0 Å². The van der Waals surface area contributed by atoms with E-state index in [-0.39, 0.29) is 5.60 Å². The Kier molecular flexibility index (Phi) is 5.88. The van der Waals surface area contributed by atoms with Crippen LogP contribution in [0.25, 0.3) is 0 Å². The molecule has 1 saturated heterocycles. The Morgan fingerprint density at radius 1 is 1.35 bits per heavy atom. The molecule has 3 nitrogen and oxygen atoms in total. The van der Waals surface area contributed by atoms with E-state index in [4.69, 9.17) is 10.5 Å². The van der Waals surface area contributed by atoms with Gasteiger partial charge in [-0.2, -0.15) is 0 Å². The monoisotopic (exact) mass is 282 g/mol. The Hall–Kier alpha value is -0.120. The number of hydrogen-bond acceptors (Lipinski definition) is 3. The van der Waals surface area contributed by atoms with Crippen LogP contribution in [0.1, 0.15) is 58.8 Å².